The van der Waals surface area contributed by atoms with Crippen LogP contribution in [0.25, 0.3) is 0 Å². The summed E-state index contributed by atoms with van der Waals surface area (Å²) in [5.41, 5.74) is 0. The minimum atomic E-state index is 0. The highest BCUT2D eigenvalue weighted by atomic mass is 127. The maximum atomic E-state index is 5.48. The van der Waals surface area contributed by atoms with Crippen LogP contribution in [0.2, 0.25) is 0 Å². The van der Waals surface area contributed by atoms with Crippen molar-refractivity contribution < 1.29 is 4.74 Å². The number of hydrogen-bond acceptors (Lipinski definition) is 3. The van der Waals surface area contributed by atoms with Crippen LogP contribution >= 0.6 is 24.0 Å². The predicted octanol–water partition coefficient (Wildman–Crippen LogP) is 2.41. The number of morpholine rings is 1. The molecule has 0 aromatic rings. The molecule has 0 aromatic carbocycles. The highest BCUT2D eigenvalue weighted by Crippen LogP contribution is 2.27. The van der Waals surface area contributed by atoms with E-state index in [1.165, 1.54) is 32.1 Å². The van der Waals surface area contributed by atoms with Crippen LogP contribution in [0.1, 0.15) is 39.0 Å². The van der Waals surface area contributed by atoms with Gasteiger partial charge in [-0.3, -0.25) is 9.89 Å². The molecule has 1 N–H and O–H groups in total. The van der Waals surface area contributed by atoms with Gasteiger partial charge in [-0.1, -0.05) is 19.8 Å². The zero-order chi connectivity index (χ0) is 16.1. The summed E-state index contributed by atoms with van der Waals surface area (Å²) in [5.74, 6) is 2.87. The van der Waals surface area contributed by atoms with Gasteiger partial charge in [0.05, 0.1) is 13.2 Å². The lowest BCUT2D eigenvalue weighted by Crippen LogP contribution is -2.47. The van der Waals surface area contributed by atoms with Crippen molar-refractivity contribution in [3.63, 3.8) is 0 Å². The number of halogens is 1. The van der Waals surface area contributed by atoms with Gasteiger partial charge in [-0.05, 0) is 31.1 Å². The molecular formula is C18H35IN4O. The van der Waals surface area contributed by atoms with E-state index in [9.17, 15) is 0 Å². The Hall–Kier alpha value is -0.0800. The molecule has 0 spiro atoms. The van der Waals surface area contributed by atoms with Crippen LogP contribution in [-0.4, -0.2) is 74.8 Å². The maximum Gasteiger partial charge on any atom is 0.193 e. The van der Waals surface area contributed by atoms with Crippen molar-refractivity contribution in [2.45, 2.75) is 45.1 Å². The first-order chi connectivity index (χ1) is 11.3. The molecule has 2 saturated heterocycles. The summed E-state index contributed by atoms with van der Waals surface area (Å²) < 4.78 is 5.48. The Bertz CT molecular complexity index is 392. The van der Waals surface area contributed by atoms with Crippen LogP contribution < -0.4 is 5.32 Å². The molecule has 2 heterocycles. The molecule has 140 valence electrons. The van der Waals surface area contributed by atoms with Crippen LogP contribution in [0.3, 0.4) is 0 Å². The Morgan fingerprint density at radius 2 is 1.79 bits per heavy atom. The number of nitrogens with one attached hydrogen (secondary N) is 1. The van der Waals surface area contributed by atoms with E-state index in [2.05, 4.69) is 27.0 Å². The first-order valence-electron chi connectivity index (χ1n) is 9.53. The Morgan fingerprint density at radius 1 is 1.08 bits per heavy atom. The van der Waals surface area contributed by atoms with Gasteiger partial charge in [0.1, 0.15) is 0 Å². The third kappa shape index (κ3) is 5.46. The average Bonchev–Trinajstić information content (AvgIpc) is 3.08. The normalized spacial score (nSPS) is 32.5. The van der Waals surface area contributed by atoms with Crippen LogP contribution in [0.15, 0.2) is 4.99 Å². The summed E-state index contributed by atoms with van der Waals surface area (Å²) in [4.78, 5) is 9.58. The van der Waals surface area contributed by atoms with Crippen molar-refractivity contribution in [2.75, 3.05) is 53.0 Å². The van der Waals surface area contributed by atoms with Crippen molar-refractivity contribution in [3.8, 4) is 0 Å². The maximum absolute atomic E-state index is 5.48. The minimum absolute atomic E-state index is 0. The second-order valence-corrected chi connectivity index (χ2v) is 7.59. The molecule has 1 aliphatic carbocycles. The fraction of sp³-hybridized carbons (Fsp3) is 0.944. The number of likely N-dealkylation sites (tertiary alicyclic amines) is 1. The molecule has 1 unspecified atom stereocenters. The number of hydrogen-bond donors (Lipinski definition) is 1. The molecule has 0 radical (unpaired) electrons. The zero-order valence-electron chi connectivity index (χ0n) is 15.4. The summed E-state index contributed by atoms with van der Waals surface area (Å²) >= 11 is 0. The number of guanidine groups is 1. The Morgan fingerprint density at radius 3 is 2.46 bits per heavy atom. The summed E-state index contributed by atoms with van der Waals surface area (Å²) in [6, 6.07) is 0.674. The summed E-state index contributed by atoms with van der Waals surface area (Å²) in [7, 11) is 1.92. The van der Waals surface area contributed by atoms with E-state index in [-0.39, 0.29) is 24.0 Å². The Labute approximate surface area is 164 Å². The second-order valence-electron chi connectivity index (χ2n) is 7.59. The number of ether oxygens (including phenoxy) is 1. The van der Waals surface area contributed by atoms with E-state index in [1.807, 2.05) is 7.05 Å². The van der Waals surface area contributed by atoms with Crippen LogP contribution in [-0.2, 0) is 4.74 Å². The Balaban J connectivity index is 0.00000208. The molecule has 1 atom stereocenters. The van der Waals surface area contributed by atoms with E-state index < -0.39 is 0 Å². The third-order valence-corrected chi connectivity index (χ3v) is 5.92. The van der Waals surface area contributed by atoms with E-state index in [4.69, 9.17) is 4.74 Å². The molecule has 1 saturated carbocycles. The smallest absolute Gasteiger partial charge is 0.193 e. The van der Waals surface area contributed by atoms with Crippen molar-refractivity contribution in [1.29, 1.82) is 0 Å². The zero-order valence-corrected chi connectivity index (χ0v) is 17.7. The lowest BCUT2D eigenvalue weighted by molar-refractivity contribution is 0.0195. The number of nitrogens with zero attached hydrogens (tertiary/aromatic N) is 3. The fourth-order valence-electron chi connectivity index (χ4n) is 4.28. The molecule has 24 heavy (non-hydrogen) atoms. The number of aliphatic imine (C=N–C) groups is 1. The van der Waals surface area contributed by atoms with Gasteiger partial charge in [0.2, 0.25) is 0 Å². The minimum Gasteiger partial charge on any atom is -0.379 e. The van der Waals surface area contributed by atoms with Gasteiger partial charge in [0.25, 0.3) is 0 Å². The number of rotatable bonds is 3. The summed E-state index contributed by atoms with van der Waals surface area (Å²) in [5, 5.41) is 3.65. The average molecular weight is 450 g/mol. The van der Waals surface area contributed by atoms with Crippen LogP contribution in [0.4, 0.5) is 0 Å². The molecule has 5 nitrogen and oxygen atoms in total. The predicted molar refractivity (Wildman–Crippen MR) is 110 cm³/mol. The van der Waals surface area contributed by atoms with Gasteiger partial charge in [-0.25, -0.2) is 0 Å². The van der Waals surface area contributed by atoms with Crippen molar-refractivity contribution in [3.05, 3.63) is 0 Å². The van der Waals surface area contributed by atoms with Gasteiger partial charge in [-0.15, -0.1) is 24.0 Å². The lowest BCUT2D eigenvalue weighted by Gasteiger charge is -2.32. The lowest BCUT2D eigenvalue weighted by atomic mass is 9.83. The summed E-state index contributed by atoms with van der Waals surface area (Å²) in [6.45, 7) is 9.68. The molecule has 3 fully saturated rings. The van der Waals surface area contributed by atoms with Crippen molar-refractivity contribution in [1.82, 2.24) is 15.1 Å². The molecule has 0 bridgehead atoms. The highest BCUT2D eigenvalue weighted by Gasteiger charge is 2.30. The van der Waals surface area contributed by atoms with Crippen molar-refractivity contribution in [2.24, 2.45) is 16.8 Å². The van der Waals surface area contributed by atoms with E-state index in [0.717, 1.165) is 63.7 Å². The standard InChI is InChI=1S/C18H34N4O.HI/c1-15-3-5-16(6-4-15)13-20-18(19-2)22-8-7-17(14-22)21-9-11-23-12-10-21;/h15-17H,3-14H2,1-2H3,(H,19,20);1H. The summed E-state index contributed by atoms with van der Waals surface area (Å²) in [6.07, 6.45) is 6.80. The monoisotopic (exact) mass is 450 g/mol. The van der Waals surface area contributed by atoms with E-state index in [1.54, 1.807) is 0 Å². The first-order valence-corrected chi connectivity index (χ1v) is 9.53. The quantitative estimate of drug-likeness (QED) is 0.408. The molecule has 3 rings (SSSR count). The first kappa shape index (κ1) is 20.2. The van der Waals surface area contributed by atoms with Crippen molar-refractivity contribution >= 4 is 29.9 Å². The van der Waals surface area contributed by atoms with E-state index >= 15 is 0 Å². The Kier molecular flexibility index (Phi) is 8.57. The van der Waals surface area contributed by atoms with Crippen LogP contribution in [0, 0.1) is 11.8 Å². The molecule has 2 aliphatic heterocycles. The second kappa shape index (κ2) is 10.2. The molecular weight excluding hydrogens is 415 g/mol. The van der Waals surface area contributed by atoms with Gasteiger partial charge < -0.3 is 15.0 Å². The highest BCUT2D eigenvalue weighted by molar-refractivity contribution is 14.0. The van der Waals surface area contributed by atoms with Crippen LogP contribution in [0.5, 0.6) is 0 Å². The largest absolute Gasteiger partial charge is 0.379 e. The van der Waals surface area contributed by atoms with Gasteiger partial charge >= 0.3 is 0 Å². The molecule has 0 aromatic heterocycles. The topological polar surface area (TPSA) is 40.1 Å². The van der Waals surface area contributed by atoms with Gasteiger partial charge in [-0.2, -0.15) is 0 Å². The van der Waals surface area contributed by atoms with E-state index in [0.29, 0.717) is 6.04 Å². The molecule has 3 aliphatic rings. The van der Waals surface area contributed by atoms with Gasteiger partial charge in [0.15, 0.2) is 5.96 Å². The van der Waals surface area contributed by atoms with Gasteiger partial charge in [0, 0.05) is 45.8 Å². The molecule has 0 amide bonds. The third-order valence-electron chi connectivity index (χ3n) is 5.92. The molecule has 6 heteroatoms. The SMILES string of the molecule is CN=C(NCC1CCC(C)CC1)N1CCC(N2CCOCC2)C1.I. The fourth-order valence-corrected chi connectivity index (χ4v) is 4.28.